The standard InChI is InChI=1S/C26H25ClN4O/c1-18-12-14-21(15-13-18)23-24(27)31-25(30-23)22(16-19-8-4-2-5-9-19)29-26(32)28-17-20-10-6-3-7-11-20/h2-15,22H,16-17H2,1H3,(H,30,31)(H2,28,29,32)/t22-/m0/s1. The normalized spacial score (nSPS) is 11.7. The summed E-state index contributed by atoms with van der Waals surface area (Å²) in [6.07, 6.45) is 0.580. The Morgan fingerprint density at radius 1 is 0.938 bits per heavy atom. The van der Waals surface area contributed by atoms with E-state index in [0.29, 0.717) is 29.6 Å². The number of aryl methyl sites for hydroxylation is 1. The van der Waals surface area contributed by atoms with Gasteiger partial charge in [0, 0.05) is 12.1 Å². The second-order valence-corrected chi connectivity index (χ2v) is 8.08. The number of rotatable bonds is 7. The summed E-state index contributed by atoms with van der Waals surface area (Å²) in [6.45, 7) is 2.48. The minimum absolute atomic E-state index is 0.265. The SMILES string of the molecule is Cc1ccc(-c2nc([C@H](Cc3ccccc3)NC(=O)NCc3ccccc3)[nH]c2Cl)cc1. The van der Waals surface area contributed by atoms with Crippen LogP contribution in [-0.2, 0) is 13.0 Å². The number of amides is 2. The van der Waals surface area contributed by atoms with Crippen LogP contribution in [0.2, 0.25) is 5.15 Å². The highest BCUT2D eigenvalue weighted by molar-refractivity contribution is 6.31. The summed E-state index contributed by atoms with van der Waals surface area (Å²) in [5, 5.41) is 6.42. The molecule has 162 valence electrons. The fourth-order valence-electron chi connectivity index (χ4n) is 3.49. The van der Waals surface area contributed by atoms with Crippen molar-refractivity contribution in [2.75, 3.05) is 0 Å². The highest BCUT2D eigenvalue weighted by Gasteiger charge is 2.21. The molecule has 4 rings (SSSR count). The summed E-state index contributed by atoms with van der Waals surface area (Å²) in [7, 11) is 0. The van der Waals surface area contributed by atoms with Crippen molar-refractivity contribution in [1.82, 2.24) is 20.6 Å². The first-order valence-electron chi connectivity index (χ1n) is 10.5. The first-order chi connectivity index (χ1) is 15.6. The van der Waals surface area contributed by atoms with Gasteiger partial charge in [0.2, 0.25) is 0 Å². The zero-order valence-corrected chi connectivity index (χ0v) is 18.6. The van der Waals surface area contributed by atoms with Crippen molar-refractivity contribution in [3.05, 3.63) is 113 Å². The van der Waals surface area contributed by atoms with Crippen LogP contribution in [0.3, 0.4) is 0 Å². The molecule has 2 amide bonds. The van der Waals surface area contributed by atoms with Gasteiger partial charge in [-0.25, -0.2) is 9.78 Å². The van der Waals surface area contributed by atoms with Gasteiger partial charge in [0.15, 0.2) is 0 Å². The highest BCUT2D eigenvalue weighted by Crippen LogP contribution is 2.28. The van der Waals surface area contributed by atoms with Gasteiger partial charge in [-0.2, -0.15) is 0 Å². The average molecular weight is 445 g/mol. The number of imidazole rings is 1. The van der Waals surface area contributed by atoms with Crippen LogP contribution in [-0.4, -0.2) is 16.0 Å². The summed E-state index contributed by atoms with van der Waals surface area (Å²) in [4.78, 5) is 20.6. The van der Waals surface area contributed by atoms with Crippen LogP contribution in [0.5, 0.6) is 0 Å². The molecule has 4 aromatic rings. The molecule has 0 saturated carbocycles. The van der Waals surface area contributed by atoms with E-state index in [1.165, 1.54) is 5.56 Å². The zero-order valence-electron chi connectivity index (χ0n) is 17.8. The third kappa shape index (κ3) is 5.56. The molecule has 0 bridgehead atoms. The molecule has 3 N–H and O–H groups in total. The number of H-pyrrole nitrogens is 1. The first kappa shape index (κ1) is 21.7. The Balaban J connectivity index is 1.54. The Bertz CT molecular complexity index is 1160. The number of aromatic amines is 1. The van der Waals surface area contributed by atoms with Gasteiger partial charge in [0.1, 0.15) is 16.7 Å². The number of hydrogen-bond donors (Lipinski definition) is 3. The molecule has 1 heterocycles. The molecule has 1 aromatic heterocycles. The summed E-state index contributed by atoms with van der Waals surface area (Å²) >= 11 is 6.50. The Hall–Kier alpha value is -3.57. The lowest BCUT2D eigenvalue weighted by atomic mass is 10.1. The van der Waals surface area contributed by atoms with Crippen LogP contribution in [0.4, 0.5) is 4.79 Å². The fraction of sp³-hybridized carbons (Fsp3) is 0.154. The van der Waals surface area contributed by atoms with Crippen molar-refractivity contribution < 1.29 is 4.79 Å². The molecule has 5 nitrogen and oxygen atoms in total. The highest BCUT2D eigenvalue weighted by atomic mass is 35.5. The van der Waals surface area contributed by atoms with Crippen LogP contribution in [0.15, 0.2) is 84.9 Å². The minimum atomic E-state index is -0.370. The molecule has 0 saturated heterocycles. The number of hydrogen-bond acceptors (Lipinski definition) is 2. The lowest BCUT2D eigenvalue weighted by Crippen LogP contribution is -2.38. The molecule has 6 heteroatoms. The third-order valence-electron chi connectivity index (χ3n) is 5.22. The molecule has 0 unspecified atom stereocenters. The third-order valence-corrected chi connectivity index (χ3v) is 5.49. The molecule has 0 aliphatic carbocycles. The quantitative estimate of drug-likeness (QED) is 0.336. The van der Waals surface area contributed by atoms with E-state index in [4.69, 9.17) is 16.6 Å². The molecule has 1 atom stereocenters. The summed E-state index contributed by atoms with van der Waals surface area (Å²) in [5.74, 6) is 0.615. The number of nitrogens with zero attached hydrogens (tertiary/aromatic N) is 1. The number of benzene rings is 3. The van der Waals surface area contributed by atoms with Crippen molar-refractivity contribution in [2.24, 2.45) is 0 Å². The second kappa shape index (κ2) is 10.2. The number of carbonyl (C=O) groups excluding carboxylic acids is 1. The zero-order chi connectivity index (χ0) is 22.3. The van der Waals surface area contributed by atoms with Gasteiger partial charge in [-0.15, -0.1) is 0 Å². The molecular weight excluding hydrogens is 420 g/mol. The average Bonchev–Trinajstić information content (AvgIpc) is 3.21. The lowest BCUT2D eigenvalue weighted by molar-refractivity contribution is 0.236. The monoisotopic (exact) mass is 444 g/mol. The van der Waals surface area contributed by atoms with Crippen LogP contribution < -0.4 is 10.6 Å². The van der Waals surface area contributed by atoms with Crippen LogP contribution >= 0.6 is 11.6 Å². The molecule has 0 aliphatic rings. The number of halogens is 1. The van der Waals surface area contributed by atoms with E-state index in [1.54, 1.807) is 0 Å². The van der Waals surface area contributed by atoms with Gasteiger partial charge >= 0.3 is 6.03 Å². The maximum Gasteiger partial charge on any atom is 0.315 e. The molecular formula is C26H25ClN4O. The molecule has 0 spiro atoms. The van der Waals surface area contributed by atoms with Crippen molar-refractivity contribution in [2.45, 2.75) is 25.9 Å². The van der Waals surface area contributed by atoms with E-state index in [1.807, 2.05) is 91.9 Å². The lowest BCUT2D eigenvalue weighted by Gasteiger charge is -2.17. The molecule has 32 heavy (non-hydrogen) atoms. The van der Waals surface area contributed by atoms with Crippen molar-refractivity contribution >= 4 is 17.6 Å². The maximum absolute atomic E-state index is 12.7. The predicted molar refractivity (Wildman–Crippen MR) is 128 cm³/mol. The van der Waals surface area contributed by atoms with Gasteiger partial charge in [-0.05, 0) is 24.5 Å². The molecule has 0 fully saturated rings. The maximum atomic E-state index is 12.7. The van der Waals surface area contributed by atoms with Gasteiger partial charge in [-0.3, -0.25) is 0 Å². The summed E-state index contributed by atoms with van der Waals surface area (Å²) < 4.78 is 0. The van der Waals surface area contributed by atoms with E-state index in [0.717, 1.165) is 16.7 Å². The van der Waals surface area contributed by atoms with Gasteiger partial charge in [0.25, 0.3) is 0 Å². The summed E-state index contributed by atoms with van der Waals surface area (Å²) in [5.41, 5.74) is 4.89. The Labute approximate surface area is 192 Å². The number of aromatic nitrogens is 2. The van der Waals surface area contributed by atoms with Gasteiger partial charge in [0.05, 0.1) is 6.04 Å². The number of carbonyl (C=O) groups is 1. The van der Waals surface area contributed by atoms with E-state index in [9.17, 15) is 4.79 Å². The topological polar surface area (TPSA) is 69.8 Å². The van der Waals surface area contributed by atoms with Crippen LogP contribution in [0, 0.1) is 6.92 Å². The van der Waals surface area contributed by atoms with Crippen LogP contribution in [0.1, 0.15) is 28.6 Å². The first-order valence-corrected chi connectivity index (χ1v) is 10.9. The smallest absolute Gasteiger partial charge is 0.315 e. The Kier molecular flexibility index (Phi) is 6.87. The Morgan fingerprint density at radius 2 is 1.56 bits per heavy atom. The Morgan fingerprint density at radius 3 is 2.22 bits per heavy atom. The van der Waals surface area contributed by atoms with Crippen molar-refractivity contribution in [3.8, 4) is 11.3 Å². The van der Waals surface area contributed by atoms with Crippen LogP contribution in [0.25, 0.3) is 11.3 Å². The van der Waals surface area contributed by atoms with E-state index in [2.05, 4.69) is 15.6 Å². The molecule has 3 aromatic carbocycles. The minimum Gasteiger partial charge on any atom is -0.334 e. The molecule has 0 aliphatic heterocycles. The van der Waals surface area contributed by atoms with E-state index < -0.39 is 0 Å². The fourth-order valence-corrected chi connectivity index (χ4v) is 3.74. The number of nitrogens with one attached hydrogen (secondary N) is 3. The van der Waals surface area contributed by atoms with E-state index in [-0.39, 0.29) is 12.1 Å². The number of urea groups is 1. The van der Waals surface area contributed by atoms with Crippen molar-refractivity contribution in [1.29, 1.82) is 0 Å². The predicted octanol–water partition coefficient (Wildman–Crippen LogP) is 5.82. The second-order valence-electron chi connectivity index (χ2n) is 7.71. The van der Waals surface area contributed by atoms with E-state index >= 15 is 0 Å². The van der Waals surface area contributed by atoms with Gasteiger partial charge < -0.3 is 15.6 Å². The largest absolute Gasteiger partial charge is 0.334 e. The summed E-state index contributed by atoms with van der Waals surface area (Å²) in [6, 6.07) is 27.2. The van der Waals surface area contributed by atoms with Crippen molar-refractivity contribution in [3.63, 3.8) is 0 Å². The van der Waals surface area contributed by atoms with Gasteiger partial charge in [-0.1, -0.05) is 102 Å². The molecule has 0 radical (unpaired) electrons.